The highest BCUT2D eigenvalue weighted by Gasteiger charge is 2.46. The molecule has 1 aromatic heterocycles. The molecular formula is C67H43NO. The number of hydrogen-bond acceptors (Lipinski definition) is 2. The number of rotatable bonds is 7. The molecule has 2 nitrogen and oxygen atoms in total. The summed E-state index contributed by atoms with van der Waals surface area (Å²) in [5.41, 5.74) is 16.8. The summed E-state index contributed by atoms with van der Waals surface area (Å²) < 4.78 is 6.44. The molecule has 0 aliphatic heterocycles. The summed E-state index contributed by atoms with van der Waals surface area (Å²) in [4.78, 5) is 2.44. The first kappa shape index (κ1) is 39.2. The molecule has 0 spiro atoms. The van der Waals surface area contributed by atoms with Crippen LogP contribution in [-0.4, -0.2) is 0 Å². The lowest BCUT2D eigenvalue weighted by Gasteiger charge is -2.35. The van der Waals surface area contributed by atoms with E-state index >= 15 is 0 Å². The van der Waals surface area contributed by atoms with E-state index in [4.69, 9.17) is 4.42 Å². The maximum Gasteiger partial charge on any atom is 0.136 e. The Kier molecular flexibility index (Phi) is 8.84. The van der Waals surface area contributed by atoms with E-state index in [1.165, 1.54) is 82.2 Å². The van der Waals surface area contributed by atoms with Gasteiger partial charge < -0.3 is 9.32 Å². The van der Waals surface area contributed by atoms with Crippen molar-refractivity contribution in [2.45, 2.75) is 5.41 Å². The first-order chi connectivity index (χ1) is 34.2. The molecule has 14 rings (SSSR count). The number of para-hydroxylation sites is 1. The molecule has 1 aliphatic carbocycles. The zero-order valence-electron chi connectivity index (χ0n) is 37.7. The second kappa shape index (κ2) is 15.6. The van der Waals surface area contributed by atoms with Crippen LogP contribution in [0.25, 0.3) is 87.6 Å². The van der Waals surface area contributed by atoms with Gasteiger partial charge in [-0.2, -0.15) is 0 Å². The minimum Gasteiger partial charge on any atom is -0.456 e. The predicted octanol–water partition coefficient (Wildman–Crippen LogP) is 18.2. The third-order valence-corrected chi connectivity index (χ3v) is 14.7. The van der Waals surface area contributed by atoms with Crippen molar-refractivity contribution in [1.82, 2.24) is 0 Å². The van der Waals surface area contributed by atoms with Gasteiger partial charge in [0.2, 0.25) is 0 Å². The number of benzene rings is 12. The summed E-state index contributed by atoms with van der Waals surface area (Å²) in [6.45, 7) is 0. The molecule has 0 N–H and O–H groups in total. The Morgan fingerprint density at radius 1 is 0.275 bits per heavy atom. The highest BCUT2D eigenvalue weighted by Crippen LogP contribution is 2.57. The number of nitrogens with zero attached hydrogens (tertiary/aromatic N) is 1. The molecule has 1 heterocycles. The van der Waals surface area contributed by atoms with Crippen LogP contribution in [0.4, 0.5) is 17.1 Å². The number of anilines is 3. The van der Waals surface area contributed by atoms with Gasteiger partial charge in [-0.05, 0) is 143 Å². The second-order valence-electron chi connectivity index (χ2n) is 18.3. The Hall–Kier alpha value is -8.98. The van der Waals surface area contributed by atoms with Crippen LogP contribution in [0.3, 0.4) is 0 Å². The van der Waals surface area contributed by atoms with Crippen molar-refractivity contribution in [3.05, 3.63) is 283 Å². The zero-order chi connectivity index (χ0) is 45.5. The first-order valence-corrected chi connectivity index (χ1v) is 23.8. The first-order valence-electron chi connectivity index (χ1n) is 23.8. The van der Waals surface area contributed by atoms with Gasteiger partial charge in [-0.25, -0.2) is 0 Å². The average molecular weight is 878 g/mol. The van der Waals surface area contributed by atoms with Gasteiger partial charge >= 0.3 is 0 Å². The molecule has 2 heteroatoms. The third kappa shape index (κ3) is 5.99. The lowest BCUT2D eigenvalue weighted by Crippen LogP contribution is -2.28. The largest absolute Gasteiger partial charge is 0.456 e. The van der Waals surface area contributed by atoms with E-state index in [0.29, 0.717) is 0 Å². The Morgan fingerprint density at radius 3 is 1.59 bits per heavy atom. The van der Waals surface area contributed by atoms with Crippen LogP contribution in [0.1, 0.15) is 22.3 Å². The van der Waals surface area contributed by atoms with Crippen LogP contribution >= 0.6 is 0 Å². The van der Waals surface area contributed by atoms with Crippen molar-refractivity contribution in [3.8, 4) is 33.4 Å². The lowest BCUT2D eigenvalue weighted by molar-refractivity contribution is 0.669. The Balaban J connectivity index is 0.977. The van der Waals surface area contributed by atoms with Gasteiger partial charge in [-0.3, -0.25) is 0 Å². The van der Waals surface area contributed by atoms with Crippen LogP contribution < -0.4 is 4.90 Å². The summed E-state index contributed by atoms with van der Waals surface area (Å²) in [5.74, 6) is 0. The van der Waals surface area contributed by atoms with E-state index < -0.39 is 5.41 Å². The Labute approximate surface area is 400 Å². The van der Waals surface area contributed by atoms with Crippen molar-refractivity contribution >= 4 is 71.3 Å². The monoisotopic (exact) mass is 877 g/mol. The number of hydrogen-bond donors (Lipinski definition) is 0. The predicted molar refractivity (Wildman–Crippen MR) is 289 cm³/mol. The quantitative estimate of drug-likeness (QED) is 0.148. The minimum atomic E-state index is -0.526. The molecule has 69 heavy (non-hydrogen) atoms. The van der Waals surface area contributed by atoms with Crippen LogP contribution in [0.5, 0.6) is 0 Å². The highest BCUT2D eigenvalue weighted by molar-refractivity contribution is 6.34. The molecule has 322 valence electrons. The second-order valence-corrected chi connectivity index (χ2v) is 18.3. The topological polar surface area (TPSA) is 16.4 Å². The molecule has 0 bridgehead atoms. The van der Waals surface area contributed by atoms with E-state index in [1.807, 2.05) is 6.07 Å². The van der Waals surface area contributed by atoms with Crippen molar-refractivity contribution in [1.29, 1.82) is 0 Å². The normalized spacial score (nSPS) is 12.8. The van der Waals surface area contributed by atoms with Crippen molar-refractivity contribution < 1.29 is 4.42 Å². The highest BCUT2D eigenvalue weighted by atomic mass is 16.3. The van der Waals surface area contributed by atoms with Gasteiger partial charge in [0.25, 0.3) is 0 Å². The van der Waals surface area contributed by atoms with Gasteiger partial charge in [-0.15, -0.1) is 0 Å². The van der Waals surface area contributed by atoms with Crippen LogP contribution in [0.15, 0.2) is 265 Å². The fourth-order valence-corrected chi connectivity index (χ4v) is 11.7. The molecule has 0 atom stereocenters. The van der Waals surface area contributed by atoms with Crippen molar-refractivity contribution in [2.24, 2.45) is 0 Å². The van der Waals surface area contributed by atoms with E-state index in [9.17, 15) is 0 Å². The molecule has 0 unspecified atom stereocenters. The van der Waals surface area contributed by atoms with E-state index in [2.05, 4.69) is 260 Å². The van der Waals surface area contributed by atoms with Gasteiger partial charge in [0.1, 0.15) is 11.2 Å². The van der Waals surface area contributed by atoms with Gasteiger partial charge in [0, 0.05) is 33.2 Å². The summed E-state index contributed by atoms with van der Waals surface area (Å²) in [5, 5.41) is 9.71. The minimum absolute atomic E-state index is 0.526. The Bertz CT molecular complexity index is 4080. The molecule has 1 aliphatic rings. The third-order valence-electron chi connectivity index (χ3n) is 14.7. The van der Waals surface area contributed by atoms with Crippen LogP contribution in [0, 0.1) is 0 Å². The van der Waals surface area contributed by atoms with E-state index in [1.54, 1.807) is 0 Å². The fourth-order valence-electron chi connectivity index (χ4n) is 11.7. The molecule has 0 amide bonds. The summed E-state index contributed by atoms with van der Waals surface area (Å²) >= 11 is 0. The van der Waals surface area contributed by atoms with Gasteiger partial charge in [0.15, 0.2) is 0 Å². The molecule has 12 aromatic carbocycles. The zero-order valence-corrected chi connectivity index (χ0v) is 37.7. The molecular weight excluding hydrogens is 835 g/mol. The maximum atomic E-state index is 6.44. The summed E-state index contributed by atoms with van der Waals surface area (Å²) in [6, 6.07) is 95.7. The van der Waals surface area contributed by atoms with Gasteiger partial charge in [-0.1, -0.05) is 200 Å². The smallest absolute Gasteiger partial charge is 0.136 e. The van der Waals surface area contributed by atoms with E-state index in [-0.39, 0.29) is 0 Å². The van der Waals surface area contributed by atoms with Crippen molar-refractivity contribution in [3.63, 3.8) is 0 Å². The molecule has 0 fully saturated rings. The molecule has 13 aromatic rings. The number of fused-ring (bicyclic) bond motifs is 13. The maximum absolute atomic E-state index is 6.44. The summed E-state index contributed by atoms with van der Waals surface area (Å²) in [6.07, 6.45) is 0. The molecule has 0 saturated heterocycles. The number of furan rings is 1. The van der Waals surface area contributed by atoms with Crippen molar-refractivity contribution in [2.75, 3.05) is 4.90 Å². The summed E-state index contributed by atoms with van der Waals surface area (Å²) in [7, 11) is 0. The Morgan fingerprint density at radius 2 is 0.812 bits per heavy atom. The molecule has 0 radical (unpaired) electrons. The van der Waals surface area contributed by atoms with Crippen LogP contribution in [0.2, 0.25) is 0 Å². The fraction of sp³-hybridized carbons (Fsp3) is 0.0149. The van der Waals surface area contributed by atoms with E-state index in [0.717, 1.165) is 44.7 Å². The standard InChI is InChI=1S/C67H43NO/c1-4-17-44(18-5-1)45-31-34-50(35-32-45)68(52-36-38-56-55-26-12-14-29-61(55)67(62(56)43-52,48-20-6-2-7-21-48)49-22-8-3-9-23-49)51-24-16-19-46(41-51)47-33-37-54-53-25-10-11-27-57(53)65-58(60(54)42-47)39-40-64-66(65)59-28-13-15-30-63(59)69-64/h1-43H. The average Bonchev–Trinajstić information content (AvgIpc) is 3.96. The lowest BCUT2D eigenvalue weighted by atomic mass is 9.67. The molecule has 0 saturated carbocycles. The van der Waals surface area contributed by atoms with Gasteiger partial charge in [0.05, 0.1) is 5.41 Å². The van der Waals surface area contributed by atoms with Crippen LogP contribution in [-0.2, 0) is 5.41 Å². The SMILES string of the molecule is c1ccc(-c2ccc(N(c3cccc(-c4ccc5c6ccccc6c6c(ccc7oc8ccccc8c76)c5c4)c3)c3ccc4c(c3)C(c3ccccc3)(c3ccccc3)c3ccccc3-4)cc2)cc1.